The Morgan fingerprint density at radius 3 is 2.54 bits per heavy atom. The average Bonchev–Trinajstić information content (AvgIpc) is 2.15. The first-order chi connectivity index (χ1) is 6.11. The monoisotopic (exact) mass is 204 g/mol. The molecule has 0 aromatic carbocycles. The van der Waals surface area contributed by atoms with Crippen molar-refractivity contribution in [1.82, 2.24) is 10.6 Å². The van der Waals surface area contributed by atoms with Crippen LogP contribution >= 0.6 is 11.8 Å². The lowest BCUT2D eigenvalue weighted by atomic mass is 10.3. The molecule has 0 aromatic rings. The van der Waals surface area contributed by atoms with Crippen molar-refractivity contribution < 1.29 is 4.79 Å². The first-order valence-electron chi connectivity index (χ1n) is 4.59. The van der Waals surface area contributed by atoms with Crippen LogP contribution in [-0.2, 0) is 4.79 Å². The average molecular weight is 204 g/mol. The highest BCUT2D eigenvalue weighted by Crippen LogP contribution is 2.07. The largest absolute Gasteiger partial charge is 0.355 e. The van der Waals surface area contributed by atoms with Crippen LogP contribution in [0, 0.1) is 0 Å². The van der Waals surface area contributed by atoms with Crippen LogP contribution in [-0.4, -0.2) is 37.0 Å². The topological polar surface area (TPSA) is 41.1 Å². The van der Waals surface area contributed by atoms with Gasteiger partial charge in [-0.25, -0.2) is 0 Å². The van der Waals surface area contributed by atoms with Crippen molar-refractivity contribution in [3.8, 4) is 0 Å². The molecule has 0 radical (unpaired) electrons. The van der Waals surface area contributed by atoms with Gasteiger partial charge in [0, 0.05) is 11.8 Å². The van der Waals surface area contributed by atoms with E-state index in [0.717, 1.165) is 13.0 Å². The van der Waals surface area contributed by atoms with Gasteiger partial charge in [-0.15, -0.1) is 0 Å². The first-order valence-corrected chi connectivity index (χ1v) is 5.88. The first kappa shape index (κ1) is 12.8. The van der Waals surface area contributed by atoms with Gasteiger partial charge in [-0.2, -0.15) is 11.8 Å². The summed E-state index contributed by atoms with van der Waals surface area (Å²) in [6.07, 6.45) is 3.12. The Morgan fingerprint density at radius 2 is 2.08 bits per heavy atom. The quantitative estimate of drug-likeness (QED) is 0.674. The molecule has 0 fully saturated rings. The molecule has 0 saturated heterocycles. The molecule has 3 nitrogen and oxygen atoms in total. The minimum Gasteiger partial charge on any atom is -0.355 e. The second-order valence-corrected chi connectivity index (χ2v) is 4.41. The fraction of sp³-hybridized carbons (Fsp3) is 0.889. The summed E-state index contributed by atoms with van der Waals surface area (Å²) in [6.45, 7) is 4.79. The van der Waals surface area contributed by atoms with E-state index in [-0.39, 0.29) is 11.9 Å². The highest BCUT2D eigenvalue weighted by Gasteiger charge is 2.09. The van der Waals surface area contributed by atoms with E-state index in [4.69, 9.17) is 0 Å². The van der Waals surface area contributed by atoms with Crippen molar-refractivity contribution in [3.05, 3.63) is 0 Å². The number of carbonyl (C=O) groups excluding carboxylic acids is 1. The molecule has 13 heavy (non-hydrogen) atoms. The minimum atomic E-state index is -0.0930. The summed E-state index contributed by atoms with van der Waals surface area (Å²) in [5, 5.41) is 6.40. The fourth-order valence-electron chi connectivity index (χ4n) is 0.801. The Balaban J connectivity index is 3.47. The molecule has 0 aliphatic heterocycles. The van der Waals surface area contributed by atoms with Crippen LogP contribution in [0.3, 0.4) is 0 Å². The summed E-state index contributed by atoms with van der Waals surface area (Å²) in [6, 6.07) is -0.0930. The van der Waals surface area contributed by atoms with E-state index >= 15 is 0 Å². The third kappa shape index (κ3) is 5.93. The molecular weight excluding hydrogens is 184 g/mol. The van der Waals surface area contributed by atoms with E-state index in [1.807, 2.05) is 18.7 Å². The smallest absolute Gasteiger partial charge is 0.236 e. The lowest BCUT2D eigenvalue weighted by Gasteiger charge is -2.12. The molecule has 0 spiro atoms. The Labute approximate surface area is 85.0 Å². The van der Waals surface area contributed by atoms with E-state index in [1.54, 1.807) is 7.05 Å². The summed E-state index contributed by atoms with van der Waals surface area (Å²) < 4.78 is 0. The number of nitrogens with one attached hydrogen (secondary N) is 2. The van der Waals surface area contributed by atoms with Crippen LogP contribution in [0.4, 0.5) is 0 Å². The van der Waals surface area contributed by atoms with Gasteiger partial charge in [0.15, 0.2) is 0 Å². The van der Waals surface area contributed by atoms with Crippen LogP contribution in [0.2, 0.25) is 0 Å². The zero-order chi connectivity index (χ0) is 10.3. The number of rotatable bonds is 6. The number of carbonyl (C=O) groups is 1. The summed E-state index contributed by atoms with van der Waals surface area (Å²) >= 11 is 1.82. The van der Waals surface area contributed by atoms with Crippen molar-refractivity contribution in [3.63, 3.8) is 0 Å². The number of amides is 1. The van der Waals surface area contributed by atoms with Crippen LogP contribution in [0.1, 0.15) is 20.3 Å². The molecule has 2 N–H and O–H groups in total. The number of likely N-dealkylation sites (N-methyl/N-ethyl adjacent to an activating group) is 1. The maximum Gasteiger partial charge on any atom is 0.236 e. The maximum atomic E-state index is 11.3. The number of hydrogen-bond donors (Lipinski definition) is 2. The third-order valence-corrected chi connectivity index (χ3v) is 3.12. The molecule has 1 amide bonds. The molecule has 4 heteroatoms. The second kappa shape index (κ2) is 7.21. The highest BCUT2D eigenvalue weighted by molar-refractivity contribution is 7.99. The Kier molecular flexibility index (Phi) is 7.09. The van der Waals surface area contributed by atoms with Crippen molar-refractivity contribution in [1.29, 1.82) is 0 Å². The van der Waals surface area contributed by atoms with Gasteiger partial charge in [-0.05, 0) is 26.6 Å². The summed E-state index contributed by atoms with van der Waals surface area (Å²) in [4.78, 5) is 11.3. The van der Waals surface area contributed by atoms with E-state index in [1.165, 1.54) is 0 Å². The van der Waals surface area contributed by atoms with Crippen LogP contribution < -0.4 is 10.6 Å². The summed E-state index contributed by atoms with van der Waals surface area (Å²) in [5.41, 5.74) is 0. The summed E-state index contributed by atoms with van der Waals surface area (Å²) in [7, 11) is 1.79. The molecule has 0 aliphatic carbocycles. The molecule has 0 aliphatic rings. The van der Waals surface area contributed by atoms with Gasteiger partial charge in [-0.3, -0.25) is 4.79 Å². The molecule has 0 aromatic heterocycles. The number of hydrogen-bond acceptors (Lipinski definition) is 3. The molecule has 0 bridgehead atoms. The molecule has 0 saturated carbocycles. The van der Waals surface area contributed by atoms with Gasteiger partial charge in [-0.1, -0.05) is 6.92 Å². The van der Waals surface area contributed by atoms with Crippen LogP contribution in [0.5, 0.6) is 0 Å². The SMILES string of the molecule is CNC(C)C(=O)NCCC(C)SC. The Morgan fingerprint density at radius 1 is 1.46 bits per heavy atom. The van der Waals surface area contributed by atoms with Gasteiger partial charge in [0.2, 0.25) is 5.91 Å². The van der Waals surface area contributed by atoms with Gasteiger partial charge in [0.25, 0.3) is 0 Å². The zero-order valence-corrected chi connectivity index (χ0v) is 9.70. The molecule has 2 atom stereocenters. The molecular formula is C9H20N2OS. The van der Waals surface area contributed by atoms with Crippen molar-refractivity contribution >= 4 is 17.7 Å². The normalized spacial score (nSPS) is 15.1. The van der Waals surface area contributed by atoms with Crippen molar-refractivity contribution in [2.75, 3.05) is 19.8 Å². The van der Waals surface area contributed by atoms with Crippen LogP contribution in [0.25, 0.3) is 0 Å². The van der Waals surface area contributed by atoms with E-state index in [2.05, 4.69) is 23.8 Å². The Bertz CT molecular complexity index is 153. The van der Waals surface area contributed by atoms with Gasteiger partial charge < -0.3 is 10.6 Å². The highest BCUT2D eigenvalue weighted by atomic mass is 32.2. The summed E-state index contributed by atoms with van der Waals surface area (Å²) in [5.74, 6) is 0.0794. The third-order valence-electron chi connectivity index (χ3n) is 2.08. The minimum absolute atomic E-state index is 0.0794. The van der Waals surface area contributed by atoms with E-state index in [9.17, 15) is 4.79 Å². The molecule has 78 valence electrons. The van der Waals surface area contributed by atoms with Crippen molar-refractivity contribution in [2.45, 2.75) is 31.6 Å². The maximum absolute atomic E-state index is 11.3. The predicted molar refractivity (Wildman–Crippen MR) is 59.1 cm³/mol. The lowest BCUT2D eigenvalue weighted by molar-refractivity contribution is -0.122. The molecule has 2 unspecified atom stereocenters. The van der Waals surface area contributed by atoms with Gasteiger partial charge >= 0.3 is 0 Å². The number of thioether (sulfide) groups is 1. The standard InChI is InChI=1S/C9H20N2OS/c1-7(13-4)5-6-11-9(12)8(2)10-3/h7-8,10H,5-6H2,1-4H3,(H,11,12). The molecule has 0 rings (SSSR count). The van der Waals surface area contributed by atoms with Crippen LogP contribution in [0.15, 0.2) is 0 Å². The second-order valence-electron chi connectivity index (χ2n) is 3.14. The van der Waals surface area contributed by atoms with Crippen molar-refractivity contribution in [2.24, 2.45) is 0 Å². The Hall–Kier alpha value is -0.220. The van der Waals surface area contributed by atoms with E-state index in [0.29, 0.717) is 5.25 Å². The predicted octanol–water partition coefficient (Wildman–Crippen LogP) is 0.852. The van der Waals surface area contributed by atoms with Gasteiger partial charge in [0.1, 0.15) is 0 Å². The fourth-order valence-corrected chi connectivity index (χ4v) is 1.15. The zero-order valence-electron chi connectivity index (χ0n) is 8.89. The lowest BCUT2D eigenvalue weighted by Crippen LogP contribution is -2.41. The van der Waals surface area contributed by atoms with Gasteiger partial charge in [0.05, 0.1) is 6.04 Å². The van der Waals surface area contributed by atoms with E-state index < -0.39 is 0 Å². The molecule has 0 heterocycles.